The monoisotopic (exact) mass is 188 g/mol. The molecule has 3 nitrogen and oxygen atoms in total. The highest BCUT2D eigenvalue weighted by Gasteiger charge is 2.16. The molecule has 0 aliphatic heterocycles. The van der Waals surface area contributed by atoms with Crippen molar-refractivity contribution in [1.29, 1.82) is 0 Å². The van der Waals surface area contributed by atoms with Gasteiger partial charge in [0.25, 0.3) is 0 Å². The van der Waals surface area contributed by atoms with Crippen LogP contribution < -0.4 is 0 Å². The number of hydrogen-bond acceptors (Lipinski definition) is 3. The lowest BCUT2D eigenvalue weighted by Gasteiger charge is -2.11. The van der Waals surface area contributed by atoms with E-state index >= 15 is 0 Å². The molecule has 0 aromatic carbocycles. The van der Waals surface area contributed by atoms with Crippen LogP contribution in [0.5, 0.6) is 0 Å². The first kappa shape index (κ1) is 12.4. The molecule has 0 N–H and O–H groups in total. The van der Waals surface area contributed by atoms with Gasteiger partial charge in [0.15, 0.2) is 6.10 Å². The van der Waals surface area contributed by atoms with E-state index in [-0.39, 0.29) is 12.1 Å². The standard InChI is InChI=1S/C10H20O3/c1-4-5-6-7-8-9(12-2)10(11)13-3/h9H,4-8H2,1-3H3. The lowest BCUT2D eigenvalue weighted by molar-refractivity contribution is -0.152. The summed E-state index contributed by atoms with van der Waals surface area (Å²) in [4.78, 5) is 11.1. The molecule has 13 heavy (non-hydrogen) atoms. The Kier molecular flexibility index (Phi) is 7.69. The van der Waals surface area contributed by atoms with Crippen molar-refractivity contribution in [3.8, 4) is 0 Å². The molecule has 0 aromatic rings. The Balaban J connectivity index is 3.53. The van der Waals surface area contributed by atoms with E-state index in [1.807, 2.05) is 0 Å². The number of unbranched alkanes of at least 4 members (excludes halogenated alkanes) is 3. The minimum Gasteiger partial charge on any atom is -0.467 e. The summed E-state index contributed by atoms with van der Waals surface area (Å²) in [6.07, 6.45) is 5.01. The molecule has 1 unspecified atom stereocenters. The van der Waals surface area contributed by atoms with Crippen molar-refractivity contribution in [1.82, 2.24) is 0 Å². The van der Waals surface area contributed by atoms with Crippen molar-refractivity contribution in [2.75, 3.05) is 14.2 Å². The topological polar surface area (TPSA) is 35.5 Å². The fraction of sp³-hybridized carbons (Fsp3) is 0.900. The predicted molar refractivity (Wildman–Crippen MR) is 51.6 cm³/mol. The summed E-state index contributed by atoms with van der Waals surface area (Å²) in [6.45, 7) is 2.16. The van der Waals surface area contributed by atoms with Gasteiger partial charge in [-0.15, -0.1) is 0 Å². The number of hydrogen-bond donors (Lipinski definition) is 0. The minimum absolute atomic E-state index is 0.265. The molecular weight excluding hydrogens is 168 g/mol. The van der Waals surface area contributed by atoms with Crippen molar-refractivity contribution in [2.45, 2.75) is 45.1 Å². The number of methoxy groups -OCH3 is 2. The molecule has 0 saturated carbocycles. The lowest BCUT2D eigenvalue weighted by Crippen LogP contribution is -2.24. The normalized spacial score (nSPS) is 12.5. The first-order valence-electron chi connectivity index (χ1n) is 4.86. The fourth-order valence-corrected chi connectivity index (χ4v) is 1.22. The Labute approximate surface area is 80.4 Å². The predicted octanol–water partition coefficient (Wildman–Crippen LogP) is 2.14. The van der Waals surface area contributed by atoms with Crippen LogP contribution in [-0.4, -0.2) is 26.3 Å². The summed E-state index contributed by atoms with van der Waals surface area (Å²) >= 11 is 0. The van der Waals surface area contributed by atoms with E-state index in [1.54, 1.807) is 7.11 Å². The second-order valence-electron chi connectivity index (χ2n) is 3.10. The highest BCUT2D eigenvalue weighted by molar-refractivity contribution is 5.74. The summed E-state index contributed by atoms with van der Waals surface area (Å²) in [6, 6.07) is 0. The van der Waals surface area contributed by atoms with E-state index < -0.39 is 0 Å². The van der Waals surface area contributed by atoms with Gasteiger partial charge in [-0.2, -0.15) is 0 Å². The first-order chi connectivity index (χ1) is 6.26. The Morgan fingerprint density at radius 1 is 1.23 bits per heavy atom. The quantitative estimate of drug-likeness (QED) is 0.453. The third-order valence-corrected chi connectivity index (χ3v) is 2.07. The molecule has 0 aliphatic carbocycles. The second kappa shape index (κ2) is 8.05. The molecule has 78 valence electrons. The molecule has 0 amide bonds. The fourth-order valence-electron chi connectivity index (χ4n) is 1.22. The van der Waals surface area contributed by atoms with Gasteiger partial charge in [0.1, 0.15) is 0 Å². The smallest absolute Gasteiger partial charge is 0.334 e. The molecule has 0 rings (SSSR count). The van der Waals surface area contributed by atoms with Gasteiger partial charge in [-0.05, 0) is 6.42 Å². The Bertz CT molecular complexity index is 134. The van der Waals surface area contributed by atoms with Crippen LogP contribution in [-0.2, 0) is 14.3 Å². The molecule has 0 bridgehead atoms. The van der Waals surface area contributed by atoms with Gasteiger partial charge in [0.2, 0.25) is 0 Å². The first-order valence-corrected chi connectivity index (χ1v) is 4.86. The van der Waals surface area contributed by atoms with Crippen LogP contribution in [0.25, 0.3) is 0 Å². The van der Waals surface area contributed by atoms with Gasteiger partial charge < -0.3 is 9.47 Å². The number of carbonyl (C=O) groups is 1. The average Bonchev–Trinajstić information content (AvgIpc) is 2.17. The molecule has 3 heteroatoms. The minimum atomic E-state index is -0.373. The highest BCUT2D eigenvalue weighted by atomic mass is 16.6. The molecule has 0 aliphatic rings. The van der Waals surface area contributed by atoms with Gasteiger partial charge in [-0.1, -0.05) is 32.6 Å². The maximum Gasteiger partial charge on any atom is 0.334 e. The zero-order chi connectivity index (χ0) is 10.1. The Morgan fingerprint density at radius 2 is 1.92 bits per heavy atom. The summed E-state index contributed by atoms with van der Waals surface area (Å²) in [5.41, 5.74) is 0. The summed E-state index contributed by atoms with van der Waals surface area (Å²) in [5, 5.41) is 0. The van der Waals surface area contributed by atoms with E-state index in [2.05, 4.69) is 11.7 Å². The highest BCUT2D eigenvalue weighted by Crippen LogP contribution is 2.08. The maximum absolute atomic E-state index is 11.1. The molecular formula is C10H20O3. The average molecular weight is 188 g/mol. The molecule has 0 heterocycles. The molecule has 1 atom stereocenters. The third kappa shape index (κ3) is 5.64. The van der Waals surface area contributed by atoms with Crippen LogP contribution >= 0.6 is 0 Å². The number of rotatable bonds is 7. The van der Waals surface area contributed by atoms with Crippen LogP contribution in [0.15, 0.2) is 0 Å². The molecule has 0 radical (unpaired) electrons. The Hall–Kier alpha value is -0.570. The second-order valence-corrected chi connectivity index (χ2v) is 3.10. The van der Waals surface area contributed by atoms with Gasteiger partial charge in [-0.3, -0.25) is 0 Å². The third-order valence-electron chi connectivity index (χ3n) is 2.07. The van der Waals surface area contributed by atoms with Crippen molar-refractivity contribution in [3.05, 3.63) is 0 Å². The van der Waals surface area contributed by atoms with E-state index in [1.165, 1.54) is 20.0 Å². The van der Waals surface area contributed by atoms with E-state index in [9.17, 15) is 4.79 Å². The van der Waals surface area contributed by atoms with Gasteiger partial charge >= 0.3 is 5.97 Å². The molecule has 0 spiro atoms. The van der Waals surface area contributed by atoms with Gasteiger partial charge in [-0.25, -0.2) is 4.79 Å². The van der Waals surface area contributed by atoms with E-state index in [0.29, 0.717) is 0 Å². The number of esters is 1. The zero-order valence-electron chi connectivity index (χ0n) is 8.84. The van der Waals surface area contributed by atoms with Crippen LogP contribution in [0.1, 0.15) is 39.0 Å². The van der Waals surface area contributed by atoms with Crippen LogP contribution in [0.4, 0.5) is 0 Å². The molecule has 0 fully saturated rings. The maximum atomic E-state index is 11.1. The SMILES string of the molecule is CCCCCCC(OC)C(=O)OC. The summed E-state index contributed by atoms with van der Waals surface area (Å²) < 4.78 is 9.60. The van der Waals surface area contributed by atoms with Crippen molar-refractivity contribution >= 4 is 5.97 Å². The molecule has 0 aromatic heterocycles. The summed E-state index contributed by atoms with van der Waals surface area (Å²) in [5.74, 6) is -0.265. The van der Waals surface area contributed by atoms with Crippen LogP contribution in [0, 0.1) is 0 Å². The largest absolute Gasteiger partial charge is 0.467 e. The lowest BCUT2D eigenvalue weighted by atomic mass is 10.1. The number of carbonyl (C=O) groups excluding carboxylic acids is 1. The van der Waals surface area contributed by atoms with Crippen molar-refractivity contribution in [3.63, 3.8) is 0 Å². The van der Waals surface area contributed by atoms with Gasteiger partial charge in [0.05, 0.1) is 7.11 Å². The molecule has 0 saturated heterocycles. The van der Waals surface area contributed by atoms with Crippen LogP contribution in [0.3, 0.4) is 0 Å². The van der Waals surface area contributed by atoms with Crippen molar-refractivity contribution in [2.24, 2.45) is 0 Å². The van der Waals surface area contributed by atoms with Crippen molar-refractivity contribution < 1.29 is 14.3 Å². The Morgan fingerprint density at radius 3 is 2.38 bits per heavy atom. The van der Waals surface area contributed by atoms with Crippen LogP contribution in [0.2, 0.25) is 0 Å². The number of ether oxygens (including phenoxy) is 2. The van der Waals surface area contributed by atoms with E-state index in [4.69, 9.17) is 4.74 Å². The van der Waals surface area contributed by atoms with E-state index in [0.717, 1.165) is 19.3 Å². The zero-order valence-corrected chi connectivity index (χ0v) is 8.84. The summed E-state index contributed by atoms with van der Waals surface area (Å²) in [7, 11) is 2.93. The van der Waals surface area contributed by atoms with Gasteiger partial charge in [0, 0.05) is 7.11 Å².